The van der Waals surface area contributed by atoms with Crippen molar-refractivity contribution < 1.29 is 8.42 Å². The summed E-state index contributed by atoms with van der Waals surface area (Å²) in [6.07, 6.45) is 0. The summed E-state index contributed by atoms with van der Waals surface area (Å²) in [6, 6.07) is 6.83. The van der Waals surface area contributed by atoms with Crippen LogP contribution >= 0.6 is 22.7 Å². The number of hydrogen-bond donors (Lipinski definition) is 0. The largest absolute Gasteiger partial charge is 0.252 e. The fraction of sp³-hybridized carbons (Fsp3) is 0.182. The summed E-state index contributed by atoms with van der Waals surface area (Å²) in [5.41, 5.74) is 0.961. The molecule has 0 atom stereocenters. The smallest absolute Gasteiger partial charge is 0.206 e. The van der Waals surface area contributed by atoms with E-state index in [9.17, 15) is 8.42 Å². The summed E-state index contributed by atoms with van der Waals surface area (Å²) in [5.74, 6) is 0. The predicted molar refractivity (Wildman–Crippen MR) is 72.0 cm³/mol. The summed E-state index contributed by atoms with van der Waals surface area (Å²) in [5, 5.41) is 12.5. The van der Waals surface area contributed by atoms with Crippen LogP contribution in [0.4, 0.5) is 0 Å². The number of thiophene rings is 2. The zero-order chi connectivity index (χ0) is 13.2. The predicted octanol–water partition coefficient (Wildman–Crippen LogP) is 2.50. The summed E-state index contributed by atoms with van der Waals surface area (Å²) in [6.45, 7) is 0.339. The van der Waals surface area contributed by atoms with E-state index < -0.39 is 10.0 Å². The van der Waals surface area contributed by atoms with Crippen LogP contribution in [0.3, 0.4) is 0 Å². The van der Waals surface area contributed by atoms with Gasteiger partial charge in [0.2, 0.25) is 0 Å². The van der Waals surface area contributed by atoms with Gasteiger partial charge in [0, 0.05) is 13.6 Å². The quantitative estimate of drug-likeness (QED) is 0.871. The van der Waals surface area contributed by atoms with Crippen LogP contribution < -0.4 is 0 Å². The third-order valence-corrected chi connectivity index (χ3v) is 6.33. The molecule has 0 radical (unpaired) electrons. The summed E-state index contributed by atoms with van der Waals surface area (Å²) in [4.78, 5) is 0.400. The van der Waals surface area contributed by atoms with E-state index in [1.807, 2.05) is 22.9 Å². The highest BCUT2D eigenvalue weighted by atomic mass is 32.2. The van der Waals surface area contributed by atoms with Crippen molar-refractivity contribution in [1.29, 1.82) is 5.26 Å². The van der Waals surface area contributed by atoms with Gasteiger partial charge in [-0.15, -0.1) is 11.3 Å². The van der Waals surface area contributed by atoms with Crippen molar-refractivity contribution in [2.45, 2.75) is 10.8 Å². The Morgan fingerprint density at radius 3 is 2.72 bits per heavy atom. The van der Waals surface area contributed by atoms with Gasteiger partial charge < -0.3 is 0 Å². The Morgan fingerprint density at radius 1 is 1.39 bits per heavy atom. The normalized spacial score (nSPS) is 11.6. The van der Waals surface area contributed by atoms with Gasteiger partial charge in [0.25, 0.3) is 10.0 Å². The van der Waals surface area contributed by atoms with Crippen LogP contribution in [-0.4, -0.2) is 19.8 Å². The van der Waals surface area contributed by atoms with Gasteiger partial charge in [0.15, 0.2) is 0 Å². The van der Waals surface area contributed by atoms with Gasteiger partial charge >= 0.3 is 0 Å². The van der Waals surface area contributed by atoms with Gasteiger partial charge in [-0.1, -0.05) is 0 Å². The van der Waals surface area contributed by atoms with Gasteiger partial charge in [0.05, 0.1) is 0 Å². The average Bonchev–Trinajstić information content (AvgIpc) is 2.99. The van der Waals surface area contributed by atoms with Crippen LogP contribution in [0.25, 0.3) is 0 Å². The Balaban J connectivity index is 2.23. The molecule has 94 valence electrons. The fourth-order valence-electron chi connectivity index (χ4n) is 1.40. The van der Waals surface area contributed by atoms with Crippen molar-refractivity contribution in [1.82, 2.24) is 4.31 Å². The highest BCUT2D eigenvalue weighted by molar-refractivity contribution is 7.91. The fourth-order valence-corrected chi connectivity index (χ4v) is 4.53. The minimum Gasteiger partial charge on any atom is -0.206 e. The van der Waals surface area contributed by atoms with E-state index in [0.29, 0.717) is 11.4 Å². The molecular weight excluding hydrogens is 288 g/mol. The van der Waals surface area contributed by atoms with Gasteiger partial charge in [0.1, 0.15) is 15.2 Å². The number of hydrogen-bond acceptors (Lipinski definition) is 5. The van der Waals surface area contributed by atoms with Crippen molar-refractivity contribution in [3.8, 4) is 6.07 Å². The number of nitrogens with zero attached hydrogens (tertiary/aromatic N) is 2. The molecule has 0 amide bonds. The van der Waals surface area contributed by atoms with Crippen LogP contribution in [0.5, 0.6) is 0 Å². The molecule has 0 aliphatic heterocycles. The molecule has 7 heteroatoms. The first kappa shape index (κ1) is 13.2. The van der Waals surface area contributed by atoms with Crippen LogP contribution in [0.15, 0.2) is 33.2 Å². The second kappa shape index (κ2) is 5.20. The van der Waals surface area contributed by atoms with Crippen molar-refractivity contribution in [2.75, 3.05) is 7.05 Å². The zero-order valence-electron chi connectivity index (χ0n) is 9.53. The van der Waals surface area contributed by atoms with Crippen molar-refractivity contribution in [2.24, 2.45) is 0 Å². The third-order valence-electron chi connectivity index (χ3n) is 2.34. The first-order valence-corrected chi connectivity index (χ1v) is 8.21. The molecule has 2 heterocycles. The van der Waals surface area contributed by atoms with Gasteiger partial charge in [-0.2, -0.15) is 20.9 Å². The molecule has 0 spiro atoms. The first-order chi connectivity index (χ1) is 8.54. The van der Waals surface area contributed by atoms with E-state index in [1.54, 1.807) is 7.05 Å². The molecule has 4 nitrogen and oxygen atoms in total. The van der Waals surface area contributed by atoms with Gasteiger partial charge in [-0.25, -0.2) is 8.42 Å². The molecule has 2 aromatic rings. The lowest BCUT2D eigenvalue weighted by molar-refractivity contribution is 0.469. The lowest BCUT2D eigenvalue weighted by atomic mass is 10.3. The van der Waals surface area contributed by atoms with Gasteiger partial charge in [-0.3, -0.25) is 0 Å². The topological polar surface area (TPSA) is 61.2 Å². The van der Waals surface area contributed by atoms with E-state index >= 15 is 0 Å². The highest BCUT2D eigenvalue weighted by Gasteiger charge is 2.23. The summed E-state index contributed by atoms with van der Waals surface area (Å²) < 4.78 is 25.9. The van der Waals surface area contributed by atoms with Crippen LogP contribution in [0.2, 0.25) is 0 Å². The molecular formula is C11H10N2O2S3. The van der Waals surface area contributed by atoms with E-state index in [1.165, 1.54) is 27.8 Å². The molecule has 0 aliphatic carbocycles. The monoisotopic (exact) mass is 298 g/mol. The summed E-state index contributed by atoms with van der Waals surface area (Å²) >= 11 is 2.53. The van der Waals surface area contributed by atoms with Crippen molar-refractivity contribution in [3.05, 3.63) is 39.4 Å². The molecule has 0 aromatic carbocycles. The van der Waals surface area contributed by atoms with E-state index in [-0.39, 0.29) is 4.21 Å². The Bertz CT molecular complexity index is 665. The van der Waals surface area contributed by atoms with E-state index in [2.05, 4.69) is 0 Å². The van der Waals surface area contributed by atoms with Crippen molar-refractivity contribution >= 4 is 32.7 Å². The molecule has 0 unspecified atom stereocenters. The molecule has 0 aliphatic rings. The second-order valence-corrected chi connectivity index (χ2v) is 7.76. The van der Waals surface area contributed by atoms with Crippen LogP contribution in [0.1, 0.15) is 10.4 Å². The SMILES string of the molecule is CN(Cc1ccsc1)S(=O)(=O)c1ccc(C#N)s1. The highest BCUT2D eigenvalue weighted by Crippen LogP contribution is 2.24. The molecule has 0 saturated carbocycles. The number of sulfonamides is 1. The molecule has 0 saturated heterocycles. The molecule has 0 fully saturated rings. The van der Waals surface area contributed by atoms with Gasteiger partial charge in [-0.05, 0) is 34.5 Å². The molecule has 2 rings (SSSR count). The zero-order valence-corrected chi connectivity index (χ0v) is 12.0. The average molecular weight is 298 g/mol. The van der Waals surface area contributed by atoms with Crippen LogP contribution in [-0.2, 0) is 16.6 Å². The Kier molecular flexibility index (Phi) is 3.82. The third kappa shape index (κ3) is 2.62. The molecule has 18 heavy (non-hydrogen) atoms. The van der Waals surface area contributed by atoms with Crippen molar-refractivity contribution in [3.63, 3.8) is 0 Å². The first-order valence-electron chi connectivity index (χ1n) is 5.01. The van der Waals surface area contributed by atoms with Crippen LogP contribution in [0, 0.1) is 11.3 Å². The Morgan fingerprint density at radius 2 is 2.17 bits per heavy atom. The van der Waals surface area contributed by atoms with E-state index in [0.717, 1.165) is 16.9 Å². The Labute approximate surface area is 114 Å². The lowest BCUT2D eigenvalue weighted by Crippen LogP contribution is -2.25. The van der Waals surface area contributed by atoms with E-state index in [4.69, 9.17) is 5.26 Å². The Hall–Kier alpha value is -1.20. The molecule has 0 N–H and O–H groups in total. The molecule has 2 aromatic heterocycles. The number of nitriles is 1. The molecule has 0 bridgehead atoms. The maximum Gasteiger partial charge on any atom is 0.252 e. The standard InChI is InChI=1S/C11H10N2O2S3/c1-13(7-9-4-5-16-8-9)18(14,15)11-3-2-10(6-12)17-11/h2-5,8H,7H2,1H3. The summed E-state index contributed by atoms with van der Waals surface area (Å²) in [7, 11) is -1.96. The minimum absolute atomic E-state index is 0.205. The minimum atomic E-state index is -3.50. The maximum absolute atomic E-state index is 12.2. The lowest BCUT2D eigenvalue weighted by Gasteiger charge is -2.14. The number of rotatable bonds is 4. The maximum atomic E-state index is 12.2. The second-order valence-electron chi connectivity index (χ2n) is 3.62.